The molecule has 4 nitrogen and oxygen atoms in total. The molecule has 2 amide bonds. The first kappa shape index (κ1) is 15.0. The lowest BCUT2D eigenvalue weighted by molar-refractivity contribution is -0.129. The first-order chi connectivity index (χ1) is 9.49. The Morgan fingerprint density at radius 1 is 1.45 bits per heavy atom. The van der Waals surface area contributed by atoms with Crippen LogP contribution in [0.25, 0.3) is 0 Å². The van der Waals surface area contributed by atoms with Crippen LogP contribution in [0.5, 0.6) is 0 Å². The Kier molecular flexibility index (Phi) is 4.81. The molecule has 1 aliphatic rings. The van der Waals surface area contributed by atoms with E-state index in [1.165, 1.54) is 0 Å². The molecule has 1 aliphatic heterocycles. The summed E-state index contributed by atoms with van der Waals surface area (Å²) in [6.07, 6.45) is 0.522. The molecule has 1 unspecified atom stereocenters. The van der Waals surface area contributed by atoms with Gasteiger partial charge in [0.15, 0.2) is 0 Å². The average Bonchev–Trinajstić information content (AvgIpc) is 2.78. The molecule has 1 fully saturated rings. The molecule has 1 N–H and O–H groups in total. The van der Waals surface area contributed by atoms with Crippen molar-refractivity contribution in [3.05, 3.63) is 34.3 Å². The zero-order valence-corrected chi connectivity index (χ0v) is 13.3. The summed E-state index contributed by atoms with van der Waals surface area (Å²) in [5.74, 6) is 0.282. The average molecular weight is 339 g/mol. The lowest BCUT2D eigenvalue weighted by Crippen LogP contribution is -2.34. The highest BCUT2D eigenvalue weighted by molar-refractivity contribution is 9.10. The number of hydrogen-bond acceptors (Lipinski definition) is 2. The van der Waals surface area contributed by atoms with Crippen LogP contribution in [-0.4, -0.2) is 35.8 Å². The minimum atomic E-state index is -0.104. The highest BCUT2D eigenvalue weighted by atomic mass is 79.9. The first-order valence-electron chi connectivity index (χ1n) is 6.81. The van der Waals surface area contributed by atoms with Gasteiger partial charge in [-0.1, -0.05) is 12.1 Å². The lowest BCUT2D eigenvalue weighted by atomic mass is 10.1. The van der Waals surface area contributed by atoms with Crippen LogP contribution in [-0.2, 0) is 4.79 Å². The highest BCUT2D eigenvalue weighted by Gasteiger charge is 2.31. The molecule has 0 radical (unpaired) electrons. The van der Waals surface area contributed by atoms with Crippen molar-refractivity contribution in [2.24, 2.45) is 5.92 Å². The monoisotopic (exact) mass is 338 g/mol. The van der Waals surface area contributed by atoms with Gasteiger partial charge >= 0.3 is 0 Å². The minimum absolute atomic E-state index is 0.104. The number of carbonyl (C=O) groups excluding carboxylic acids is 2. The van der Waals surface area contributed by atoms with Gasteiger partial charge in [0.25, 0.3) is 5.91 Å². The van der Waals surface area contributed by atoms with Crippen molar-refractivity contribution in [1.29, 1.82) is 0 Å². The Balaban J connectivity index is 1.89. The van der Waals surface area contributed by atoms with Crippen LogP contribution in [0.1, 0.15) is 30.6 Å². The van der Waals surface area contributed by atoms with Crippen molar-refractivity contribution in [3.8, 4) is 0 Å². The van der Waals surface area contributed by atoms with E-state index >= 15 is 0 Å². The second-order valence-electron chi connectivity index (χ2n) is 5.40. The smallest absolute Gasteiger partial charge is 0.252 e. The summed E-state index contributed by atoms with van der Waals surface area (Å²) in [5.41, 5.74) is 0.623. The van der Waals surface area contributed by atoms with E-state index in [1.807, 2.05) is 36.9 Å². The van der Waals surface area contributed by atoms with Gasteiger partial charge in [0, 0.05) is 35.9 Å². The second kappa shape index (κ2) is 6.39. The van der Waals surface area contributed by atoms with Gasteiger partial charge in [0.2, 0.25) is 5.91 Å². The summed E-state index contributed by atoms with van der Waals surface area (Å²) < 4.78 is 0.781. The van der Waals surface area contributed by atoms with E-state index in [0.29, 0.717) is 18.5 Å². The summed E-state index contributed by atoms with van der Waals surface area (Å²) in [5, 5.41) is 2.91. The van der Waals surface area contributed by atoms with Crippen LogP contribution in [0.15, 0.2) is 28.7 Å². The molecule has 5 heteroatoms. The van der Waals surface area contributed by atoms with Crippen molar-refractivity contribution < 1.29 is 9.59 Å². The van der Waals surface area contributed by atoms with Crippen LogP contribution < -0.4 is 5.32 Å². The van der Waals surface area contributed by atoms with Gasteiger partial charge in [-0.3, -0.25) is 9.59 Å². The van der Waals surface area contributed by atoms with Gasteiger partial charge in [-0.25, -0.2) is 0 Å². The number of likely N-dealkylation sites (tertiary alicyclic amines) is 1. The predicted octanol–water partition coefficient (Wildman–Crippen LogP) is 2.44. The number of benzene rings is 1. The molecule has 0 bridgehead atoms. The number of hydrogen-bond donors (Lipinski definition) is 1. The molecule has 1 aromatic carbocycles. The fraction of sp³-hybridized carbons (Fsp3) is 0.467. The predicted molar refractivity (Wildman–Crippen MR) is 81.4 cm³/mol. The Morgan fingerprint density at radius 3 is 2.75 bits per heavy atom. The standard InChI is InChI=1S/C15H19BrN2O2/c1-10(2)18-9-11(7-14(18)19)8-17-15(20)12-5-3-4-6-13(12)16/h3-6,10-11H,7-9H2,1-2H3,(H,17,20). The van der Waals surface area contributed by atoms with E-state index < -0.39 is 0 Å². The largest absolute Gasteiger partial charge is 0.352 e. The summed E-state index contributed by atoms with van der Waals surface area (Å²) >= 11 is 3.37. The first-order valence-corrected chi connectivity index (χ1v) is 7.60. The minimum Gasteiger partial charge on any atom is -0.352 e. The Hall–Kier alpha value is -1.36. The van der Waals surface area contributed by atoms with Crippen LogP contribution in [0.4, 0.5) is 0 Å². The fourth-order valence-electron chi connectivity index (χ4n) is 2.42. The third-order valence-corrected chi connectivity index (χ3v) is 4.22. The molecule has 0 aromatic heterocycles. The molecule has 2 rings (SSSR count). The number of rotatable bonds is 4. The zero-order chi connectivity index (χ0) is 14.7. The van der Waals surface area contributed by atoms with E-state index in [1.54, 1.807) is 6.07 Å². The molecular weight excluding hydrogens is 320 g/mol. The fourth-order valence-corrected chi connectivity index (χ4v) is 2.89. The highest BCUT2D eigenvalue weighted by Crippen LogP contribution is 2.20. The summed E-state index contributed by atoms with van der Waals surface area (Å²) in [7, 11) is 0. The van der Waals surface area contributed by atoms with Crippen LogP contribution in [0.3, 0.4) is 0 Å². The van der Waals surface area contributed by atoms with Crippen LogP contribution in [0, 0.1) is 5.92 Å². The number of halogens is 1. The normalized spacial score (nSPS) is 18.7. The van der Waals surface area contributed by atoms with E-state index in [-0.39, 0.29) is 23.8 Å². The maximum Gasteiger partial charge on any atom is 0.252 e. The molecule has 1 saturated heterocycles. The second-order valence-corrected chi connectivity index (χ2v) is 6.25. The van der Waals surface area contributed by atoms with Crippen molar-refractivity contribution in [3.63, 3.8) is 0 Å². The van der Waals surface area contributed by atoms with Gasteiger partial charge in [0.1, 0.15) is 0 Å². The van der Waals surface area contributed by atoms with Gasteiger partial charge in [-0.2, -0.15) is 0 Å². The van der Waals surface area contributed by atoms with E-state index in [4.69, 9.17) is 0 Å². The van der Waals surface area contributed by atoms with Gasteiger partial charge in [0.05, 0.1) is 5.56 Å². The van der Waals surface area contributed by atoms with E-state index in [9.17, 15) is 9.59 Å². The van der Waals surface area contributed by atoms with Crippen molar-refractivity contribution in [2.75, 3.05) is 13.1 Å². The van der Waals surface area contributed by atoms with Gasteiger partial charge in [-0.15, -0.1) is 0 Å². The number of amides is 2. The molecule has 1 heterocycles. The zero-order valence-electron chi connectivity index (χ0n) is 11.7. The topological polar surface area (TPSA) is 49.4 Å². The van der Waals surface area contributed by atoms with Crippen molar-refractivity contribution in [2.45, 2.75) is 26.3 Å². The maximum absolute atomic E-state index is 12.1. The maximum atomic E-state index is 12.1. The molecule has 0 saturated carbocycles. The van der Waals surface area contributed by atoms with Crippen molar-refractivity contribution >= 4 is 27.7 Å². The molecular formula is C15H19BrN2O2. The molecule has 0 aliphatic carbocycles. The molecule has 108 valence electrons. The number of nitrogens with zero attached hydrogens (tertiary/aromatic N) is 1. The molecule has 1 atom stereocenters. The quantitative estimate of drug-likeness (QED) is 0.916. The van der Waals surface area contributed by atoms with Crippen LogP contribution in [0.2, 0.25) is 0 Å². The van der Waals surface area contributed by atoms with Gasteiger partial charge < -0.3 is 10.2 Å². The summed E-state index contributed by atoms with van der Waals surface area (Å²) in [6, 6.07) is 7.55. The molecule has 20 heavy (non-hydrogen) atoms. The summed E-state index contributed by atoms with van der Waals surface area (Å²) in [6.45, 7) is 5.29. The molecule has 1 aromatic rings. The third-order valence-electron chi connectivity index (χ3n) is 3.53. The number of nitrogens with one attached hydrogen (secondary N) is 1. The van der Waals surface area contributed by atoms with E-state index in [2.05, 4.69) is 21.2 Å². The Labute approximate surface area is 127 Å². The van der Waals surface area contributed by atoms with Crippen LogP contribution >= 0.6 is 15.9 Å². The third kappa shape index (κ3) is 3.39. The summed E-state index contributed by atoms with van der Waals surface area (Å²) in [4.78, 5) is 25.8. The SMILES string of the molecule is CC(C)N1CC(CNC(=O)c2ccccc2Br)CC1=O. The Morgan fingerprint density at radius 2 is 2.15 bits per heavy atom. The van der Waals surface area contributed by atoms with Crippen molar-refractivity contribution in [1.82, 2.24) is 10.2 Å². The van der Waals surface area contributed by atoms with E-state index in [0.717, 1.165) is 11.0 Å². The Bertz CT molecular complexity index is 516. The van der Waals surface area contributed by atoms with Gasteiger partial charge in [-0.05, 0) is 41.9 Å². The molecule has 0 spiro atoms. The lowest BCUT2D eigenvalue weighted by Gasteiger charge is -2.21. The number of carbonyl (C=O) groups is 2.